The van der Waals surface area contributed by atoms with Gasteiger partial charge in [-0.3, -0.25) is 0 Å². The number of hydrogen-bond acceptors (Lipinski definition) is 4. The molecule has 1 aliphatic carbocycles. The molecule has 0 spiro atoms. The molecule has 1 unspecified atom stereocenters. The molecule has 0 saturated carbocycles. The lowest BCUT2D eigenvalue weighted by Crippen LogP contribution is -2.23. The fourth-order valence-electron chi connectivity index (χ4n) is 3.13. The number of esters is 2. The Hall–Kier alpha value is -1.84. The van der Waals surface area contributed by atoms with Crippen LogP contribution in [-0.2, 0) is 19.1 Å². The van der Waals surface area contributed by atoms with Gasteiger partial charge in [-0.25, -0.2) is 9.59 Å². The molecule has 0 aromatic rings. The summed E-state index contributed by atoms with van der Waals surface area (Å²) in [4.78, 5) is 25.2. The van der Waals surface area contributed by atoms with Crippen molar-refractivity contribution in [3.63, 3.8) is 0 Å². The Morgan fingerprint density at radius 3 is 2.00 bits per heavy atom. The Bertz CT molecular complexity index is 684. The van der Waals surface area contributed by atoms with Crippen molar-refractivity contribution in [3.05, 3.63) is 34.4 Å². The molecule has 0 N–H and O–H groups in total. The van der Waals surface area contributed by atoms with Crippen LogP contribution >= 0.6 is 0 Å². The van der Waals surface area contributed by atoms with Crippen molar-refractivity contribution in [2.75, 3.05) is 0 Å². The molecule has 0 saturated heterocycles. The standard InChI is InChI=1S/C25H40O4/c1-16(2)28-23(26)21-14-13-20(15-22(21)24(27)29-17(3)4)18(5)11-10-12-19(6)25(7,8)9/h12-13,16-18H,10-11,14-15H2,1-9H3/b19-12+. The molecule has 164 valence electrons. The number of ether oxygens (including phenoxy) is 2. The topological polar surface area (TPSA) is 52.6 Å². The molecule has 29 heavy (non-hydrogen) atoms. The molecular weight excluding hydrogens is 364 g/mol. The molecule has 0 fully saturated rings. The zero-order chi connectivity index (χ0) is 22.4. The van der Waals surface area contributed by atoms with E-state index in [1.807, 2.05) is 27.7 Å². The monoisotopic (exact) mass is 404 g/mol. The SMILES string of the molecule is C/C(=C\CCC(C)C1=CCC(C(=O)OC(C)C)=C(C(=O)OC(C)C)C1)C(C)(C)C. The molecule has 0 aromatic heterocycles. The molecule has 0 bridgehead atoms. The van der Waals surface area contributed by atoms with Crippen molar-refractivity contribution in [1.29, 1.82) is 0 Å². The van der Waals surface area contributed by atoms with Crippen LogP contribution in [0, 0.1) is 11.3 Å². The van der Waals surface area contributed by atoms with Crippen LogP contribution in [0.4, 0.5) is 0 Å². The predicted octanol–water partition coefficient (Wildman–Crippen LogP) is 6.32. The summed E-state index contributed by atoms with van der Waals surface area (Å²) in [6.45, 7) is 18.3. The number of hydrogen-bond donors (Lipinski definition) is 0. The summed E-state index contributed by atoms with van der Waals surface area (Å²) in [7, 11) is 0. The summed E-state index contributed by atoms with van der Waals surface area (Å²) in [6.07, 6.45) is 6.84. The van der Waals surface area contributed by atoms with Crippen molar-refractivity contribution in [2.45, 2.75) is 100 Å². The average Bonchev–Trinajstić information content (AvgIpc) is 2.58. The fourth-order valence-corrected chi connectivity index (χ4v) is 3.13. The Morgan fingerprint density at radius 2 is 1.52 bits per heavy atom. The van der Waals surface area contributed by atoms with Gasteiger partial charge in [0.15, 0.2) is 0 Å². The lowest BCUT2D eigenvalue weighted by atomic mass is 9.83. The van der Waals surface area contributed by atoms with Crippen LogP contribution in [0.25, 0.3) is 0 Å². The zero-order valence-electron chi connectivity index (χ0n) is 19.8. The second kappa shape index (κ2) is 10.8. The van der Waals surface area contributed by atoms with Gasteiger partial charge in [0, 0.05) is 6.42 Å². The summed E-state index contributed by atoms with van der Waals surface area (Å²) >= 11 is 0. The van der Waals surface area contributed by atoms with Crippen LogP contribution in [0.3, 0.4) is 0 Å². The van der Waals surface area contributed by atoms with Gasteiger partial charge in [0.1, 0.15) is 0 Å². The van der Waals surface area contributed by atoms with Crippen molar-refractivity contribution >= 4 is 11.9 Å². The average molecular weight is 405 g/mol. The van der Waals surface area contributed by atoms with E-state index in [0.717, 1.165) is 12.8 Å². The number of rotatable bonds is 8. The van der Waals surface area contributed by atoms with Crippen LogP contribution in [-0.4, -0.2) is 24.1 Å². The van der Waals surface area contributed by atoms with E-state index < -0.39 is 11.9 Å². The summed E-state index contributed by atoms with van der Waals surface area (Å²) in [6, 6.07) is 0. The van der Waals surface area contributed by atoms with Crippen LogP contribution in [0.2, 0.25) is 0 Å². The largest absolute Gasteiger partial charge is 0.460 e. The summed E-state index contributed by atoms with van der Waals surface area (Å²) in [5, 5.41) is 0. The molecule has 0 heterocycles. The molecule has 1 rings (SSSR count). The predicted molar refractivity (Wildman–Crippen MR) is 118 cm³/mol. The maximum Gasteiger partial charge on any atom is 0.335 e. The zero-order valence-corrected chi connectivity index (χ0v) is 19.8. The van der Waals surface area contributed by atoms with E-state index in [-0.39, 0.29) is 17.6 Å². The molecule has 0 amide bonds. The number of allylic oxidation sites excluding steroid dienone is 4. The van der Waals surface area contributed by atoms with Gasteiger partial charge in [-0.2, -0.15) is 0 Å². The highest BCUT2D eigenvalue weighted by molar-refractivity contribution is 6.01. The lowest BCUT2D eigenvalue weighted by molar-refractivity contribution is -0.146. The molecule has 4 nitrogen and oxygen atoms in total. The van der Waals surface area contributed by atoms with Crippen LogP contribution in [0.1, 0.15) is 88.0 Å². The van der Waals surface area contributed by atoms with Gasteiger partial charge in [0.2, 0.25) is 0 Å². The van der Waals surface area contributed by atoms with E-state index in [4.69, 9.17) is 9.47 Å². The number of carbonyl (C=O) groups excluding carboxylic acids is 2. The van der Waals surface area contributed by atoms with Gasteiger partial charge < -0.3 is 9.47 Å². The van der Waals surface area contributed by atoms with E-state index in [9.17, 15) is 9.59 Å². The minimum absolute atomic E-state index is 0.190. The van der Waals surface area contributed by atoms with Crippen LogP contribution < -0.4 is 0 Å². The number of carbonyl (C=O) groups is 2. The third kappa shape index (κ3) is 8.20. The highest BCUT2D eigenvalue weighted by Gasteiger charge is 2.29. The first-order valence-electron chi connectivity index (χ1n) is 10.8. The van der Waals surface area contributed by atoms with Gasteiger partial charge in [0.05, 0.1) is 23.4 Å². The first-order valence-corrected chi connectivity index (χ1v) is 10.8. The maximum atomic E-state index is 12.7. The Labute approximate surface area is 177 Å². The second-order valence-electron chi connectivity index (χ2n) is 9.64. The van der Waals surface area contributed by atoms with Gasteiger partial charge in [-0.15, -0.1) is 0 Å². The maximum absolute atomic E-state index is 12.7. The normalized spacial score (nSPS) is 16.8. The minimum Gasteiger partial charge on any atom is -0.460 e. The highest BCUT2D eigenvalue weighted by atomic mass is 16.5. The summed E-state index contributed by atoms with van der Waals surface area (Å²) in [5.41, 5.74) is 3.67. The summed E-state index contributed by atoms with van der Waals surface area (Å²) in [5.74, 6) is -0.483. The van der Waals surface area contributed by atoms with Gasteiger partial charge in [-0.1, -0.05) is 51.0 Å². The molecular formula is C25H40O4. The van der Waals surface area contributed by atoms with E-state index in [1.165, 1.54) is 11.1 Å². The van der Waals surface area contributed by atoms with Crippen LogP contribution in [0.5, 0.6) is 0 Å². The Balaban J connectivity index is 2.93. The third-order valence-corrected chi connectivity index (χ3v) is 5.36. The smallest absolute Gasteiger partial charge is 0.335 e. The molecule has 0 radical (unpaired) electrons. The van der Waals surface area contributed by atoms with Gasteiger partial charge >= 0.3 is 11.9 Å². The minimum atomic E-state index is -0.414. The van der Waals surface area contributed by atoms with Crippen molar-refractivity contribution in [2.24, 2.45) is 11.3 Å². The van der Waals surface area contributed by atoms with Gasteiger partial charge in [0.25, 0.3) is 0 Å². The van der Waals surface area contributed by atoms with Crippen molar-refractivity contribution < 1.29 is 19.1 Å². The Kier molecular flexibility index (Phi) is 9.38. The fraction of sp³-hybridized carbons (Fsp3) is 0.680. The Morgan fingerprint density at radius 1 is 1.00 bits per heavy atom. The first kappa shape index (κ1) is 25.2. The molecule has 4 heteroatoms. The highest BCUT2D eigenvalue weighted by Crippen LogP contribution is 2.33. The molecule has 1 aliphatic rings. The third-order valence-electron chi connectivity index (χ3n) is 5.36. The second-order valence-corrected chi connectivity index (χ2v) is 9.64. The van der Waals surface area contributed by atoms with E-state index in [0.29, 0.717) is 29.9 Å². The summed E-state index contributed by atoms with van der Waals surface area (Å²) < 4.78 is 10.8. The van der Waals surface area contributed by atoms with E-state index in [1.54, 1.807) is 0 Å². The van der Waals surface area contributed by atoms with Crippen LogP contribution in [0.15, 0.2) is 34.4 Å². The lowest BCUT2D eigenvalue weighted by Gasteiger charge is -2.24. The molecule has 0 aliphatic heterocycles. The quantitative estimate of drug-likeness (QED) is 0.351. The van der Waals surface area contributed by atoms with E-state index in [2.05, 4.69) is 46.8 Å². The molecule has 0 aromatic carbocycles. The van der Waals surface area contributed by atoms with Crippen molar-refractivity contribution in [3.8, 4) is 0 Å². The first-order chi connectivity index (χ1) is 13.3. The van der Waals surface area contributed by atoms with E-state index >= 15 is 0 Å². The van der Waals surface area contributed by atoms with Gasteiger partial charge in [-0.05, 0) is 65.2 Å². The molecule has 1 atom stereocenters. The van der Waals surface area contributed by atoms with Crippen molar-refractivity contribution in [1.82, 2.24) is 0 Å².